The second-order valence-corrected chi connectivity index (χ2v) is 5.84. The van der Waals surface area contributed by atoms with E-state index in [9.17, 15) is 0 Å². The SMILES string of the molecule is Cc1ccc(CCN(C)CC(C)(C)CN)cc1. The van der Waals surface area contributed by atoms with Crippen molar-refractivity contribution in [3.63, 3.8) is 0 Å². The predicted octanol–water partition coefficient (Wildman–Crippen LogP) is 2.45. The van der Waals surface area contributed by atoms with Crippen molar-refractivity contribution < 1.29 is 0 Å². The van der Waals surface area contributed by atoms with Gasteiger partial charge in [0.2, 0.25) is 0 Å². The van der Waals surface area contributed by atoms with Crippen LogP contribution in [0.3, 0.4) is 0 Å². The Hall–Kier alpha value is -0.860. The highest BCUT2D eigenvalue weighted by atomic mass is 15.1. The van der Waals surface area contributed by atoms with E-state index in [1.807, 2.05) is 0 Å². The first-order chi connectivity index (χ1) is 7.93. The van der Waals surface area contributed by atoms with E-state index in [-0.39, 0.29) is 5.41 Å². The molecule has 2 N–H and O–H groups in total. The van der Waals surface area contributed by atoms with Crippen molar-refractivity contribution in [3.05, 3.63) is 35.4 Å². The molecule has 1 rings (SSSR count). The van der Waals surface area contributed by atoms with Crippen LogP contribution in [0.25, 0.3) is 0 Å². The minimum absolute atomic E-state index is 0.210. The van der Waals surface area contributed by atoms with E-state index < -0.39 is 0 Å². The van der Waals surface area contributed by atoms with Crippen LogP contribution < -0.4 is 5.73 Å². The number of aryl methyl sites for hydroxylation is 1. The summed E-state index contributed by atoms with van der Waals surface area (Å²) in [4.78, 5) is 2.37. The zero-order chi connectivity index (χ0) is 12.9. The Bertz CT molecular complexity index is 327. The molecule has 96 valence electrons. The molecule has 2 nitrogen and oxygen atoms in total. The van der Waals surface area contributed by atoms with Gasteiger partial charge in [-0.05, 0) is 37.9 Å². The minimum Gasteiger partial charge on any atom is -0.330 e. The van der Waals surface area contributed by atoms with Crippen LogP contribution in [0.15, 0.2) is 24.3 Å². The highest BCUT2D eigenvalue weighted by molar-refractivity contribution is 5.21. The average molecular weight is 234 g/mol. The number of nitrogens with zero attached hydrogens (tertiary/aromatic N) is 1. The molecule has 1 aromatic rings. The Morgan fingerprint density at radius 2 is 1.76 bits per heavy atom. The molecule has 2 heteroatoms. The molecule has 0 aliphatic carbocycles. The summed E-state index contributed by atoms with van der Waals surface area (Å²) in [7, 11) is 2.17. The number of hydrogen-bond donors (Lipinski definition) is 1. The molecule has 0 bridgehead atoms. The molecule has 0 aromatic heterocycles. The van der Waals surface area contributed by atoms with Gasteiger partial charge in [-0.25, -0.2) is 0 Å². The molecular weight excluding hydrogens is 208 g/mol. The van der Waals surface area contributed by atoms with Crippen LogP contribution in [0.4, 0.5) is 0 Å². The quantitative estimate of drug-likeness (QED) is 0.819. The van der Waals surface area contributed by atoms with Crippen LogP contribution in [0.2, 0.25) is 0 Å². The fourth-order valence-electron chi connectivity index (χ4n) is 1.95. The lowest BCUT2D eigenvalue weighted by Crippen LogP contribution is -2.37. The minimum atomic E-state index is 0.210. The monoisotopic (exact) mass is 234 g/mol. The molecule has 0 heterocycles. The third kappa shape index (κ3) is 5.33. The van der Waals surface area contributed by atoms with Crippen LogP contribution in [0.1, 0.15) is 25.0 Å². The van der Waals surface area contributed by atoms with Crippen molar-refractivity contribution in [2.45, 2.75) is 27.2 Å². The Labute approximate surface area is 106 Å². The molecule has 0 unspecified atom stereocenters. The van der Waals surface area contributed by atoms with Crippen molar-refractivity contribution >= 4 is 0 Å². The molecule has 0 saturated heterocycles. The van der Waals surface area contributed by atoms with Crippen molar-refractivity contribution in [2.24, 2.45) is 11.1 Å². The first-order valence-electron chi connectivity index (χ1n) is 6.37. The predicted molar refractivity (Wildman–Crippen MR) is 75.2 cm³/mol. The van der Waals surface area contributed by atoms with E-state index in [2.05, 4.69) is 57.0 Å². The van der Waals surface area contributed by atoms with Crippen molar-refractivity contribution in [1.82, 2.24) is 4.90 Å². The Morgan fingerprint density at radius 3 is 2.29 bits per heavy atom. The number of hydrogen-bond acceptors (Lipinski definition) is 2. The maximum absolute atomic E-state index is 5.75. The molecule has 0 spiro atoms. The van der Waals surface area contributed by atoms with Gasteiger partial charge in [-0.2, -0.15) is 0 Å². The second kappa shape index (κ2) is 6.18. The van der Waals surface area contributed by atoms with Crippen LogP contribution >= 0.6 is 0 Å². The lowest BCUT2D eigenvalue weighted by Gasteiger charge is -2.29. The summed E-state index contributed by atoms with van der Waals surface area (Å²) in [6.07, 6.45) is 1.11. The van der Waals surface area contributed by atoms with E-state index in [4.69, 9.17) is 5.73 Å². The van der Waals surface area contributed by atoms with Gasteiger partial charge < -0.3 is 10.6 Å². The van der Waals surface area contributed by atoms with Gasteiger partial charge in [0.1, 0.15) is 0 Å². The van der Waals surface area contributed by atoms with E-state index >= 15 is 0 Å². The highest BCUT2D eigenvalue weighted by Gasteiger charge is 2.17. The van der Waals surface area contributed by atoms with E-state index in [0.29, 0.717) is 0 Å². The lowest BCUT2D eigenvalue weighted by atomic mass is 9.93. The summed E-state index contributed by atoms with van der Waals surface area (Å²) in [5.41, 5.74) is 8.70. The maximum Gasteiger partial charge on any atom is 0.00418 e. The van der Waals surface area contributed by atoms with Gasteiger partial charge in [-0.3, -0.25) is 0 Å². The largest absolute Gasteiger partial charge is 0.330 e. The van der Waals surface area contributed by atoms with Gasteiger partial charge in [0.25, 0.3) is 0 Å². The fourth-order valence-corrected chi connectivity index (χ4v) is 1.95. The van der Waals surface area contributed by atoms with Crippen LogP contribution in [-0.4, -0.2) is 31.6 Å². The Morgan fingerprint density at radius 1 is 1.18 bits per heavy atom. The zero-order valence-electron chi connectivity index (χ0n) is 11.7. The summed E-state index contributed by atoms with van der Waals surface area (Å²) in [6, 6.07) is 8.80. The van der Waals surface area contributed by atoms with E-state index in [1.54, 1.807) is 0 Å². The van der Waals surface area contributed by atoms with Crippen LogP contribution in [-0.2, 0) is 6.42 Å². The number of nitrogens with two attached hydrogens (primary N) is 1. The normalized spacial score (nSPS) is 12.1. The Kier molecular flexibility index (Phi) is 5.16. The standard InChI is InChI=1S/C15H26N2/c1-13-5-7-14(8-6-13)9-10-17(4)12-15(2,3)11-16/h5-8H,9-12,16H2,1-4H3. The van der Waals surface area contributed by atoms with Crippen molar-refractivity contribution in [1.29, 1.82) is 0 Å². The third-order valence-electron chi connectivity index (χ3n) is 3.15. The number of likely N-dealkylation sites (N-methyl/N-ethyl adjacent to an activating group) is 1. The molecule has 0 amide bonds. The summed E-state index contributed by atoms with van der Waals surface area (Å²) in [5.74, 6) is 0. The Balaban J connectivity index is 2.38. The fraction of sp³-hybridized carbons (Fsp3) is 0.600. The summed E-state index contributed by atoms with van der Waals surface area (Å²) in [6.45, 7) is 9.44. The third-order valence-corrected chi connectivity index (χ3v) is 3.15. The lowest BCUT2D eigenvalue weighted by molar-refractivity contribution is 0.218. The van der Waals surface area contributed by atoms with E-state index in [0.717, 1.165) is 26.1 Å². The molecule has 1 aromatic carbocycles. The first kappa shape index (κ1) is 14.2. The molecule has 0 saturated carbocycles. The van der Waals surface area contributed by atoms with Gasteiger partial charge >= 0.3 is 0 Å². The number of benzene rings is 1. The number of rotatable bonds is 6. The van der Waals surface area contributed by atoms with E-state index in [1.165, 1.54) is 11.1 Å². The highest BCUT2D eigenvalue weighted by Crippen LogP contribution is 2.14. The molecule has 0 aliphatic rings. The van der Waals surface area contributed by atoms with Gasteiger partial charge in [-0.1, -0.05) is 43.7 Å². The molecule has 0 radical (unpaired) electrons. The topological polar surface area (TPSA) is 29.3 Å². The summed E-state index contributed by atoms with van der Waals surface area (Å²) >= 11 is 0. The summed E-state index contributed by atoms with van der Waals surface area (Å²) in [5, 5.41) is 0. The molecule has 0 atom stereocenters. The average Bonchev–Trinajstić information content (AvgIpc) is 2.28. The van der Waals surface area contributed by atoms with Crippen LogP contribution in [0.5, 0.6) is 0 Å². The van der Waals surface area contributed by atoms with Crippen LogP contribution in [0, 0.1) is 12.3 Å². The maximum atomic E-state index is 5.75. The van der Waals surface area contributed by atoms with Crippen molar-refractivity contribution in [3.8, 4) is 0 Å². The first-order valence-corrected chi connectivity index (χ1v) is 6.37. The van der Waals surface area contributed by atoms with Gasteiger partial charge in [0.15, 0.2) is 0 Å². The summed E-state index contributed by atoms with van der Waals surface area (Å²) < 4.78 is 0. The van der Waals surface area contributed by atoms with Gasteiger partial charge in [-0.15, -0.1) is 0 Å². The second-order valence-electron chi connectivity index (χ2n) is 5.84. The zero-order valence-corrected chi connectivity index (χ0v) is 11.7. The molecule has 17 heavy (non-hydrogen) atoms. The molecule has 0 fully saturated rings. The molecule has 0 aliphatic heterocycles. The molecular formula is C15H26N2. The van der Waals surface area contributed by atoms with Gasteiger partial charge in [0.05, 0.1) is 0 Å². The van der Waals surface area contributed by atoms with Crippen molar-refractivity contribution in [2.75, 3.05) is 26.7 Å². The smallest absolute Gasteiger partial charge is 0.00418 e. The van der Waals surface area contributed by atoms with Gasteiger partial charge in [0, 0.05) is 13.1 Å².